The average molecular weight is 608 g/mol. The molecule has 0 aliphatic heterocycles. The maximum absolute atomic E-state index is 14.8. The molecular weight excluding hydrogens is 574 g/mol. The highest BCUT2D eigenvalue weighted by Crippen LogP contribution is 2.32. The second-order valence-corrected chi connectivity index (χ2v) is 12.2. The van der Waals surface area contributed by atoms with E-state index in [9.17, 15) is 35.6 Å². The predicted molar refractivity (Wildman–Crippen MR) is 152 cm³/mol. The van der Waals surface area contributed by atoms with Crippen LogP contribution in [-0.2, 0) is 38.8 Å². The lowest BCUT2D eigenvalue weighted by Crippen LogP contribution is -2.53. The Morgan fingerprint density at radius 3 is 2.17 bits per heavy atom. The van der Waals surface area contributed by atoms with Crippen molar-refractivity contribution in [2.24, 2.45) is 5.92 Å². The van der Waals surface area contributed by atoms with E-state index in [-0.39, 0.29) is 30.1 Å². The van der Waals surface area contributed by atoms with Gasteiger partial charge in [-0.25, -0.2) is 12.8 Å². The van der Waals surface area contributed by atoms with E-state index >= 15 is 0 Å². The number of carbonyl (C=O) groups excluding carboxylic acids is 2. The zero-order chi connectivity index (χ0) is 31.1. The van der Waals surface area contributed by atoms with Crippen molar-refractivity contribution < 1.29 is 35.6 Å². The summed E-state index contributed by atoms with van der Waals surface area (Å²) < 4.78 is 81.1. The van der Waals surface area contributed by atoms with Crippen LogP contribution in [0.5, 0.6) is 0 Å². The first kappa shape index (κ1) is 32.6. The van der Waals surface area contributed by atoms with Gasteiger partial charge in [-0.15, -0.1) is 0 Å². The monoisotopic (exact) mass is 607 g/mol. The smallest absolute Gasteiger partial charge is 0.354 e. The summed E-state index contributed by atoms with van der Waals surface area (Å²) in [5.41, 5.74) is -0.716. The topological polar surface area (TPSA) is 86.8 Å². The Kier molecular flexibility index (Phi) is 10.7. The zero-order valence-corrected chi connectivity index (χ0v) is 24.3. The van der Waals surface area contributed by atoms with Crippen LogP contribution in [0, 0.1) is 11.7 Å². The van der Waals surface area contributed by atoms with E-state index in [4.69, 9.17) is 0 Å². The summed E-state index contributed by atoms with van der Waals surface area (Å²) in [6, 6.07) is 16.8. The van der Waals surface area contributed by atoms with E-state index in [1.807, 2.05) is 13.8 Å². The Hall–Kier alpha value is -3.93. The van der Waals surface area contributed by atoms with E-state index in [2.05, 4.69) is 5.32 Å². The van der Waals surface area contributed by atoms with Crippen molar-refractivity contribution in [3.05, 3.63) is 101 Å². The van der Waals surface area contributed by atoms with Crippen molar-refractivity contribution in [3.63, 3.8) is 0 Å². The molecule has 0 aromatic heterocycles. The molecule has 42 heavy (non-hydrogen) atoms. The molecule has 0 saturated carbocycles. The van der Waals surface area contributed by atoms with E-state index in [0.29, 0.717) is 15.9 Å². The molecule has 0 unspecified atom stereocenters. The van der Waals surface area contributed by atoms with Crippen molar-refractivity contribution in [2.45, 2.75) is 39.0 Å². The molecule has 0 radical (unpaired) electrons. The Bertz CT molecular complexity index is 1480. The van der Waals surface area contributed by atoms with Gasteiger partial charge in [0, 0.05) is 25.1 Å². The quantitative estimate of drug-likeness (QED) is 0.293. The third kappa shape index (κ3) is 9.04. The fourth-order valence-electron chi connectivity index (χ4n) is 4.24. The van der Waals surface area contributed by atoms with Gasteiger partial charge < -0.3 is 10.2 Å². The molecule has 0 spiro atoms. The lowest BCUT2D eigenvalue weighted by molar-refractivity contribution is -0.140. The number of nitrogens with one attached hydrogen (secondary N) is 1. The fourth-order valence-corrected chi connectivity index (χ4v) is 5.08. The number of nitrogens with zero attached hydrogens (tertiary/aromatic N) is 2. The van der Waals surface area contributed by atoms with Crippen LogP contribution < -0.4 is 9.62 Å². The second-order valence-electron chi connectivity index (χ2n) is 10.3. The molecule has 0 saturated heterocycles. The maximum atomic E-state index is 14.8. The highest BCUT2D eigenvalue weighted by molar-refractivity contribution is 7.92. The van der Waals surface area contributed by atoms with Gasteiger partial charge in [0.15, 0.2) is 0 Å². The van der Waals surface area contributed by atoms with Gasteiger partial charge in [-0.05, 0) is 35.7 Å². The summed E-state index contributed by atoms with van der Waals surface area (Å²) >= 11 is 0. The highest BCUT2D eigenvalue weighted by Gasteiger charge is 2.35. The Balaban J connectivity index is 2.08. The van der Waals surface area contributed by atoms with Crippen molar-refractivity contribution in [1.29, 1.82) is 0 Å². The van der Waals surface area contributed by atoms with E-state index < -0.39 is 58.5 Å². The number of hydrogen-bond acceptors (Lipinski definition) is 4. The molecule has 1 atom stereocenters. The number of alkyl halides is 3. The van der Waals surface area contributed by atoms with Crippen LogP contribution in [0.4, 0.5) is 23.2 Å². The SMILES string of the molecule is CC(C)CNC(=O)[C@H](Cc1ccccc1)N(Cc1ccccc1F)C(=O)CN(c1cccc(C(F)(F)F)c1)S(C)(=O)=O. The number of anilines is 1. The minimum atomic E-state index is -4.75. The van der Waals surface area contributed by atoms with Crippen LogP contribution in [0.1, 0.15) is 30.5 Å². The van der Waals surface area contributed by atoms with E-state index in [1.54, 1.807) is 36.4 Å². The fraction of sp³-hybridized carbons (Fsp3) is 0.333. The summed E-state index contributed by atoms with van der Waals surface area (Å²) in [5, 5.41) is 2.79. The first-order valence-corrected chi connectivity index (χ1v) is 15.0. The molecule has 7 nitrogen and oxygen atoms in total. The molecule has 0 aliphatic carbocycles. The van der Waals surface area contributed by atoms with Crippen LogP contribution in [0.25, 0.3) is 0 Å². The van der Waals surface area contributed by atoms with E-state index in [1.165, 1.54) is 18.2 Å². The second kappa shape index (κ2) is 13.8. The summed E-state index contributed by atoms with van der Waals surface area (Å²) in [6.07, 6.45) is -3.97. The van der Waals surface area contributed by atoms with Gasteiger partial charge in [-0.2, -0.15) is 13.2 Å². The number of rotatable bonds is 12. The lowest BCUT2D eigenvalue weighted by Gasteiger charge is -2.33. The summed E-state index contributed by atoms with van der Waals surface area (Å²) in [7, 11) is -4.27. The van der Waals surface area contributed by atoms with Crippen LogP contribution in [-0.4, -0.2) is 50.5 Å². The molecule has 0 aliphatic rings. The largest absolute Gasteiger partial charge is 0.416 e. The van der Waals surface area contributed by atoms with Crippen molar-refractivity contribution in [2.75, 3.05) is 23.7 Å². The molecule has 0 bridgehead atoms. The van der Waals surface area contributed by atoms with Crippen molar-refractivity contribution in [3.8, 4) is 0 Å². The number of halogens is 4. The Morgan fingerprint density at radius 1 is 0.929 bits per heavy atom. The minimum absolute atomic E-state index is 0.0212. The van der Waals surface area contributed by atoms with Gasteiger partial charge in [0.25, 0.3) is 0 Å². The molecule has 2 amide bonds. The number of amides is 2. The molecule has 3 rings (SSSR count). The summed E-state index contributed by atoms with van der Waals surface area (Å²) in [5.74, 6) is -2.01. The maximum Gasteiger partial charge on any atom is 0.416 e. The Labute approximate surface area is 243 Å². The highest BCUT2D eigenvalue weighted by atomic mass is 32.2. The van der Waals surface area contributed by atoms with Gasteiger partial charge in [0.2, 0.25) is 21.8 Å². The normalized spacial score (nSPS) is 12.6. The van der Waals surface area contributed by atoms with Gasteiger partial charge in [-0.3, -0.25) is 13.9 Å². The van der Waals surface area contributed by atoms with E-state index in [0.717, 1.165) is 29.4 Å². The minimum Gasteiger partial charge on any atom is -0.354 e. The van der Waals surface area contributed by atoms with Crippen molar-refractivity contribution >= 4 is 27.5 Å². The molecule has 3 aromatic rings. The third-order valence-electron chi connectivity index (χ3n) is 6.39. The average Bonchev–Trinajstić information content (AvgIpc) is 2.92. The van der Waals surface area contributed by atoms with Gasteiger partial charge in [-0.1, -0.05) is 68.4 Å². The lowest BCUT2D eigenvalue weighted by atomic mass is 10.0. The predicted octanol–water partition coefficient (Wildman–Crippen LogP) is 5.02. The van der Waals surface area contributed by atoms with Crippen LogP contribution in [0.2, 0.25) is 0 Å². The summed E-state index contributed by atoms with van der Waals surface area (Å²) in [6.45, 7) is 2.74. The van der Waals surface area contributed by atoms with Gasteiger partial charge in [0.1, 0.15) is 18.4 Å². The molecular formula is C30H33F4N3O4S. The van der Waals surface area contributed by atoms with Crippen LogP contribution in [0.3, 0.4) is 0 Å². The van der Waals surface area contributed by atoms with Gasteiger partial charge in [0.05, 0.1) is 17.5 Å². The first-order chi connectivity index (χ1) is 19.7. The Morgan fingerprint density at radius 2 is 1.57 bits per heavy atom. The molecule has 3 aromatic carbocycles. The number of sulfonamides is 1. The first-order valence-electron chi connectivity index (χ1n) is 13.2. The third-order valence-corrected chi connectivity index (χ3v) is 7.54. The molecule has 12 heteroatoms. The number of hydrogen-bond donors (Lipinski definition) is 1. The molecule has 0 heterocycles. The molecule has 0 fully saturated rings. The zero-order valence-electron chi connectivity index (χ0n) is 23.4. The summed E-state index contributed by atoms with van der Waals surface area (Å²) in [4.78, 5) is 28.5. The van der Waals surface area contributed by atoms with Crippen molar-refractivity contribution in [1.82, 2.24) is 10.2 Å². The van der Waals surface area contributed by atoms with Crippen LogP contribution in [0.15, 0.2) is 78.9 Å². The van der Waals surface area contributed by atoms with Gasteiger partial charge >= 0.3 is 6.18 Å². The number of benzene rings is 3. The number of carbonyl (C=O) groups is 2. The molecule has 1 N–H and O–H groups in total. The van der Waals surface area contributed by atoms with Crippen LogP contribution >= 0.6 is 0 Å². The standard InChI is InChI=1S/C30H33F4N3O4S/c1-21(2)18-35-29(39)27(16-22-10-5-4-6-11-22)36(19-23-12-7-8-15-26(23)31)28(38)20-37(42(3,40)41)25-14-9-13-24(17-25)30(32,33)34/h4-15,17,21,27H,16,18-20H2,1-3H3,(H,35,39)/t27-/m0/s1. The molecule has 226 valence electrons.